The summed E-state index contributed by atoms with van der Waals surface area (Å²) in [4.78, 5) is 19.9. The number of hydrogen-bond acceptors (Lipinski definition) is 3. The molecule has 1 radical (unpaired) electrons. The molecule has 0 saturated carbocycles. The minimum atomic E-state index is 0.697. The number of amidine groups is 1. The van der Waals surface area contributed by atoms with Crippen LogP contribution in [0.25, 0.3) is 33.9 Å². The maximum absolute atomic E-state index is 4.98. The first-order valence-corrected chi connectivity index (χ1v) is 13.3. The molecule has 40 heavy (non-hydrogen) atoms. The number of imidazole rings is 1. The quantitative estimate of drug-likeness (QED) is 0.228. The fourth-order valence-corrected chi connectivity index (χ4v) is 4.90. The summed E-state index contributed by atoms with van der Waals surface area (Å²) >= 11 is 0. The van der Waals surface area contributed by atoms with Crippen LogP contribution in [0.15, 0.2) is 156 Å². The fourth-order valence-electron chi connectivity index (χ4n) is 4.90. The van der Waals surface area contributed by atoms with Crippen molar-refractivity contribution in [3.05, 3.63) is 168 Å². The topological polar surface area (TPSA) is 51.7 Å². The van der Waals surface area contributed by atoms with Crippen LogP contribution in [0, 0.1) is 6.04 Å². The number of nitrogens with zero attached hydrogens (tertiary/aromatic N) is 4. The molecule has 0 saturated heterocycles. The molecule has 0 amide bonds. The molecule has 0 unspecified atom stereocenters. The van der Waals surface area contributed by atoms with Crippen molar-refractivity contribution >= 4 is 11.5 Å². The zero-order valence-corrected chi connectivity index (χ0v) is 21.6. The monoisotopic (exact) mass is 512 g/mol. The van der Waals surface area contributed by atoms with Crippen LogP contribution in [-0.2, 0) is 0 Å². The number of aliphatic imine (C=N–C) groups is 2. The predicted octanol–water partition coefficient (Wildman–Crippen LogP) is 7.87. The van der Waals surface area contributed by atoms with E-state index in [1.165, 1.54) is 0 Å². The standard InChI is InChI=1S/C36H24N4/c1-5-13-25(14-6-1)31-32(26-15-7-2-8-16-26)38-35(37-31)29-21-23-30(24-22-29)36-39-33(27-17-9-3-10-18-27)34(40-36)28-19-11-4-12-20-28/h1-24H/q-1. The highest BCUT2D eigenvalue weighted by Gasteiger charge is 2.27. The van der Waals surface area contributed by atoms with Crippen LogP contribution in [0.5, 0.6) is 0 Å². The van der Waals surface area contributed by atoms with Gasteiger partial charge in [0.25, 0.3) is 0 Å². The van der Waals surface area contributed by atoms with E-state index in [2.05, 4.69) is 72.8 Å². The van der Waals surface area contributed by atoms with Gasteiger partial charge in [-0.25, -0.2) is 9.98 Å². The van der Waals surface area contributed by atoms with Gasteiger partial charge in [-0.2, -0.15) is 0 Å². The van der Waals surface area contributed by atoms with Crippen molar-refractivity contribution in [3.8, 4) is 33.9 Å². The van der Waals surface area contributed by atoms with Crippen molar-refractivity contribution in [2.45, 2.75) is 0 Å². The molecule has 0 N–H and O–H groups in total. The van der Waals surface area contributed by atoms with E-state index < -0.39 is 0 Å². The Labute approximate surface area is 233 Å². The summed E-state index contributed by atoms with van der Waals surface area (Å²) < 4.78 is 0. The highest BCUT2D eigenvalue weighted by molar-refractivity contribution is 6.24. The molecule has 189 valence electrons. The van der Waals surface area contributed by atoms with Gasteiger partial charge in [0, 0.05) is 5.56 Å². The number of benzene rings is 5. The first-order chi connectivity index (χ1) is 19.8. The zero-order valence-electron chi connectivity index (χ0n) is 21.6. The zero-order chi connectivity index (χ0) is 26.7. The van der Waals surface area contributed by atoms with E-state index in [1.807, 2.05) is 72.8 Å². The van der Waals surface area contributed by atoms with E-state index >= 15 is 0 Å². The molecule has 1 aliphatic rings. The highest BCUT2D eigenvalue weighted by Crippen LogP contribution is 2.33. The second-order valence-electron chi connectivity index (χ2n) is 9.53. The number of hydrogen-bond donors (Lipinski definition) is 0. The lowest BCUT2D eigenvalue weighted by Crippen LogP contribution is -2.09. The molecule has 0 spiro atoms. The Bertz CT molecular complexity index is 1750. The van der Waals surface area contributed by atoms with E-state index in [1.54, 1.807) is 0 Å². The first-order valence-electron chi connectivity index (χ1n) is 13.3. The van der Waals surface area contributed by atoms with E-state index in [-0.39, 0.29) is 0 Å². The molecular formula is C36H24N4-. The molecule has 4 heteroatoms. The first kappa shape index (κ1) is 23.7. The van der Waals surface area contributed by atoms with Crippen LogP contribution in [0.3, 0.4) is 0 Å². The summed E-state index contributed by atoms with van der Waals surface area (Å²) in [6, 6.07) is 50.0. The summed E-state index contributed by atoms with van der Waals surface area (Å²) in [6.07, 6.45) is 0. The highest BCUT2D eigenvalue weighted by atomic mass is 15.0. The molecule has 4 nitrogen and oxygen atoms in total. The summed E-state index contributed by atoms with van der Waals surface area (Å²) in [5.41, 5.74) is 8.71. The van der Waals surface area contributed by atoms with E-state index in [9.17, 15) is 0 Å². The second kappa shape index (κ2) is 10.4. The Morgan fingerprint density at radius 1 is 0.400 bits per heavy atom. The smallest absolute Gasteiger partial charge is 0.165 e. The molecule has 0 bridgehead atoms. The molecule has 1 aromatic heterocycles. The minimum absolute atomic E-state index is 0.697. The molecule has 0 atom stereocenters. The molecule has 6 aromatic rings. The third-order valence-electron chi connectivity index (χ3n) is 6.91. The molecule has 5 aromatic carbocycles. The molecular weight excluding hydrogens is 488 g/mol. The van der Waals surface area contributed by atoms with Gasteiger partial charge in [0.05, 0.1) is 5.71 Å². The lowest BCUT2D eigenvalue weighted by atomic mass is 9.98. The Hall–Kier alpha value is -5.35. The van der Waals surface area contributed by atoms with Crippen LogP contribution < -0.4 is 4.98 Å². The van der Waals surface area contributed by atoms with Gasteiger partial charge in [-0.3, -0.25) is 0 Å². The summed E-state index contributed by atoms with van der Waals surface area (Å²) in [7, 11) is 0. The molecule has 1 aliphatic heterocycles. The van der Waals surface area contributed by atoms with Crippen LogP contribution in [-0.4, -0.2) is 16.5 Å². The Morgan fingerprint density at radius 2 is 0.900 bits per heavy atom. The maximum Gasteiger partial charge on any atom is 0.165 e. The van der Waals surface area contributed by atoms with Crippen LogP contribution >= 0.6 is 0 Å². The van der Waals surface area contributed by atoms with Gasteiger partial charge in [-0.15, -0.1) is 0 Å². The Morgan fingerprint density at radius 3 is 1.50 bits per heavy atom. The average Bonchev–Trinajstić information content (AvgIpc) is 3.69. The van der Waals surface area contributed by atoms with E-state index in [0.29, 0.717) is 11.7 Å². The minimum Gasteiger partial charge on any atom is -0.435 e. The molecule has 7 rings (SSSR count). The van der Waals surface area contributed by atoms with E-state index in [4.69, 9.17) is 20.0 Å². The van der Waals surface area contributed by atoms with Gasteiger partial charge in [-0.1, -0.05) is 151 Å². The van der Waals surface area contributed by atoms with Crippen molar-refractivity contribution in [2.75, 3.05) is 0 Å². The number of aromatic nitrogens is 2. The van der Waals surface area contributed by atoms with Crippen molar-refractivity contribution < 1.29 is 0 Å². The third kappa shape index (κ3) is 4.56. The van der Waals surface area contributed by atoms with Gasteiger partial charge in [-0.05, 0) is 39.2 Å². The van der Waals surface area contributed by atoms with Gasteiger partial charge in [0.2, 0.25) is 0 Å². The van der Waals surface area contributed by atoms with Gasteiger partial charge >= 0.3 is 0 Å². The van der Waals surface area contributed by atoms with Crippen molar-refractivity contribution in [1.29, 1.82) is 0 Å². The SMILES string of the molecule is c1ccc([C]2N=C(c3ccc(-c4nc(-c5ccccc5)c(-c5ccccc5)[n-]4)cc3)N=C2c2ccccc2)cc1. The van der Waals surface area contributed by atoms with Crippen LogP contribution in [0.2, 0.25) is 0 Å². The lowest BCUT2D eigenvalue weighted by Gasteiger charge is -2.09. The Balaban J connectivity index is 1.25. The maximum atomic E-state index is 4.98. The predicted molar refractivity (Wildman–Crippen MR) is 162 cm³/mol. The summed E-state index contributed by atoms with van der Waals surface area (Å²) in [6.45, 7) is 0. The third-order valence-corrected chi connectivity index (χ3v) is 6.91. The van der Waals surface area contributed by atoms with Gasteiger partial charge in [0.15, 0.2) is 11.9 Å². The average molecular weight is 513 g/mol. The largest absolute Gasteiger partial charge is 0.435 e. The van der Waals surface area contributed by atoms with Crippen molar-refractivity contribution in [1.82, 2.24) is 9.97 Å². The normalized spacial score (nSPS) is 13.2. The van der Waals surface area contributed by atoms with E-state index in [0.717, 1.165) is 56.5 Å². The fraction of sp³-hybridized carbons (Fsp3) is 0. The van der Waals surface area contributed by atoms with Crippen LogP contribution in [0.4, 0.5) is 0 Å². The summed E-state index contributed by atoms with van der Waals surface area (Å²) in [5.74, 6) is 1.39. The summed E-state index contributed by atoms with van der Waals surface area (Å²) in [5, 5.41) is 0. The van der Waals surface area contributed by atoms with Crippen LogP contribution in [0.1, 0.15) is 16.7 Å². The second-order valence-corrected chi connectivity index (χ2v) is 9.53. The number of rotatable bonds is 6. The van der Waals surface area contributed by atoms with Crippen molar-refractivity contribution in [3.63, 3.8) is 0 Å². The van der Waals surface area contributed by atoms with Gasteiger partial charge < -0.3 is 9.97 Å². The lowest BCUT2D eigenvalue weighted by molar-refractivity contribution is 1.25. The van der Waals surface area contributed by atoms with Gasteiger partial charge in [0.1, 0.15) is 0 Å². The van der Waals surface area contributed by atoms with Crippen molar-refractivity contribution in [2.24, 2.45) is 9.98 Å². The molecule has 0 fully saturated rings. The molecule has 0 aliphatic carbocycles. The molecule has 2 heterocycles. The Kier molecular flexibility index (Phi) is 6.19.